The highest BCUT2D eigenvalue weighted by molar-refractivity contribution is 6.08. The summed E-state index contributed by atoms with van der Waals surface area (Å²) in [6.45, 7) is 0.912. The monoisotopic (exact) mass is 537 g/mol. The highest BCUT2D eigenvalue weighted by Crippen LogP contribution is 2.40. The molecule has 0 spiro atoms. The lowest BCUT2D eigenvalue weighted by molar-refractivity contribution is -0.140. The van der Waals surface area contributed by atoms with Crippen molar-refractivity contribution in [3.63, 3.8) is 0 Å². The molecule has 39 heavy (non-hydrogen) atoms. The number of nitrogens with one attached hydrogen (secondary N) is 2. The molecule has 9 nitrogen and oxygen atoms in total. The van der Waals surface area contributed by atoms with Crippen LogP contribution < -0.4 is 15.5 Å². The van der Waals surface area contributed by atoms with E-state index >= 15 is 0 Å². The number of carbonyl (C=O) groups excluding carboxylic acids is 4. The number of rotatable bonds is 7. The summed E-state index contributed by atoms with van der Waals surface area (Å²) in [5.74, 6) is -5.10. The van der Waals surface area contributed by atoms with E-state index in [2.05, 4.69) is 10.6 Å². The molecule has 3 amide bonds. The number of anilines is 1. The van der Waals surface area contributed by atoms with E-state index in [4.69, 9.17) is 4.74 Å². The molecule has 0 bridgehead atoms. The lowest BCUT2D eigenvalue weighted by Gasteiger charge is -2.26. The van der Waals surface area contributed by atoms with Crippen LogP contribution in [0, 0.1) is 11.6 Å². The largest absolute Gasteiger partial charge is 0.468 e. The van der Waals surface area contributed by atoms with Crippen molar-refractivity contribution in [2.75, 3.05) is 18.6 Å². The van der Waals surface area contributed by atoms with E-state index in [1.54, 1.807) is 48.5 Å². The minimum absolute atomic E-state index is 0.332. The van der Waals surface area contributed by atoms with Crippen molar-refractivity contribution in [2.45, 2.75) is 25.1 Å². The Bertz CT molecular complexity index is 1430. The van der Waals surface area contributed by atoms with Gasteiger partial charge in [-0.25, -0.2) is 8.78 Å². The Morgan fingerprint density at radius 2 is 1.59 bits per heavy atom. The number of ether oxygens (including phenoxy) is 1. The molecule has 202 valence electrons. The zero-order chi connectivity index (χ0) is 28.3. The predicted octanol–water partition coefficient (Wildman–Crippen LogP) is 2.55. The van der Waals surface area contributed by atoms with Crippen LogP contribution in [0.2, 0.25) is 0 Å². The average molecular weight is 538 g/mol. The Balaban J connectivity index is 1.60. The molecular formula is C28H25F2N3O6. The second kappa shape index (κ2) is 11.4. The van der Waals surface area contributed by atoms with Crippen molar-refractivity contribution >= 4 is 29.4 Å². The molecule has 3 unspecified atom stereocenters. The van der Waals surface area contributed by atoms with E-state index in [9.17, 15) is 33.1 Å². The molecular weight excluding hydrogens is 512 g/mol. The number of fused-ring (bicyclic) bond motifs is 3. The summed E-state index contributed by atoms with van der Waals surface area (Å²) in [6.07, 6.45) is -1.95. The highest BCUT2D eigenvalue weighted by Gasteiger charge is 2.37. The van der Waals surface area contributed by atoms with Crippen LogP contribution >= 0.6 is 0 Å². The fourth-order valence-corrected chi connectivity index (χ4v) is 4.34. The lowest BCUT2D eigenvalue weighted by atomic mass is 9.95. The molecule has 4 rings (SSSR count). The van der Waals surface area contributed by atoms with E-state index in [-0.39, 0.29) is 5.56 Å². The number of para-hydroxylation sites is 1. The van der Waals surface area contributed by atoms with Gasteiger partial charge in [0.25, 0.3) is 11.8 Å². The number of methoxy groups -OCH3 is 1. The van der Waals surface area contributed by atoms with Gasteiger partial charge in [-0.3, -0.25) is 24.1 Å². The van der Waals surface area contributed by atoms with Gasteiger partial charge in [-0.15, -0.1) is 0 Å². The Morgan fingerprint density at radius 3 is 2.26 bits per heavy atom. The maximum Gasteiger partial charge on any atom is 0.325 e. The van der Waals surface area contributed by atoms with E-state index in [1.807, 2.05) is 0 Å². The predicted molar refractivity (Wildman–Crippen MR) is 136 cm³/mol. The fraction of sp³-hybridized carbons (Fsp3) is 0.214. The number of carbonyl (C=O) groups is 4. The quantitative estimate of drug-likeness (QED) is 0.398. The number of aliphatic hydroxyl groups excluding tert-OH is 1. The summed E-state index contributed by atoms with van der Waals surface area (Å²) in [5.41, 5.74) is 1.89. The minimum Gasteiger partial charge on any atom is -0.468 e. The Kier molecular flexibility index (Phi) is 8.01. The first-order valence-corrected chi connectivity index (χ1v) is 11.9. The molecule has 1 heterocycles. The van der Waals surface area contributed by atoms with Crippen molar-refractivity contribution in [3.05, 3.63) is 89.5 Å². The van der Waals surface area contributed by atoms with Crippen LogP contribution in [0.15, 0.2) is 66.7 Å². The Labute approximate surface area is 222 Å². The average Bonchev–Trinajstić information content (AvgIpc) is 3.01. The highest BCUT2D eigenvalue weighted by atomic mass is 19.1. The molecule has 3 atom stereocenters. The van der Waals surface area contributed by atoms with Crippen LogP contribution in [-0.4, -0.2) is 48.5 Å². The molecule has 0 aliphatic carbocycles. The third-order valence-corrected chi connectivity index (χ3v) is 6.27. The van der Waals surface area contributed by atoms with Gasteiger partial charge in [-0.05, 0) is 41.8 Å². The summed E-state index contributed by atoms with van der Waals surface area (Å²) in [7, 11) is 1.20. The van der Waals surface area contributed by atoms with Crippen LogP contribution in [0.1, 0.15) is 30.2 Å². The van der Waals surface area contributed by atoms with Gasteiger partial charge in [0.05, 0.1) is 12.8 Å². The third kappa shape index (κ3) is 5.78. The molecule has 0 saturated carbocycles. The molecule has 1 aliphatic rings. The van der Waals surface area contributed by atoms with E-state index < -0.39 is 60.1 Å². The number of esters is 1. The lowest BCUT2D eigenvalue weighted by Crippen LogP contribution is -2.50. The SMILES string of the molecule is COC(=O)CN1C(=O)C(NC(=O)C(C)NC(=O)C(O)c2cc(F)cc(F)c2)c2ccccc2-c2ccccc21. The zero-order valence-electron chi connectivity index (χ0n) is 21.0. The molecule has 0 radical (unpaired) electrons. The van der Waals surface area contributed by atoms with Crippen molar-refractivity contribution < 1.29 is 37.8 Å². The van der Waals surface area contributed by atoms with Crippen molar-refractivity contribution in [2.24, 2.45) is 0 Å². The van der Waals surface area contributed by atoms with Crippen LogP contribution in [0.5, 0.6) is 0 Å². The second-order valence-electron chi connectivity index (χ2n) is 8.88. The number of aliphatic hydroxyl groups is 1. The number of amides is 3. The van der Waals surface area contributed by atoms with Gasteiger partial charge in [0, 0.05) is 11.6 Å². The normalized spacial score (nSPS) is 15.8. The van der Waals surface area contributed by atoms with Gasteiger partial charge in [0.2, 0.25) is 5.91 Å². The van der Waals surface area contributed by atoms with Gasteiger partial charge in [0.15, 0.2) is 6.10 Å². The maximum absolute atomic E-state index is 13.8. The summed E-state index contributed by atoms with van der Waals surface area (Å²) in [5, 5.41) is 15.2. The number of hydrogen-bond donors (Lipinski definition) is 3. The first-order valence-electron chi connectivity index (χ1n) is 11.9. The third-order valence-electron chi connectivity index (χ3n) is 6.27. The molecule has 0 fully saturated rings. The van der Waals surface area contributed by atoms with Crippen molar-refractivity contribution in [1.29, 1.82) is 0 Å². The molecule has 3 aromatic rings. The molecule has 0 aromatic heterocycles. The van der Waals surface area contributed by atoms with Crippen LogP contribution in [0.3, 0.4) is 0 Å². The summed E-state index contributed by atoms with van der Waals surface area (Å²) < 4.78 is 31.8. The zero-order valence-corrected chi connectivity index (χ0v) is 21.0. The summed E-state index contributed by atoms with van der Waals surface area (Å²) in [4.78, 5) is 52.8. The van der Waals surface area contributed by atoms with Crippen LogP contribution in [-0.2, 0) is 23.9 Å². The molecule has 0 saturated heterocycles. The molecule has 1 aliphatic heterocycles. The van der Waals surface area contributed by atoms with E-state index in [0.717, 1.165) is 12.1 Å². The topological polar surface area (TPSA) is 125 Å². The van der Waals surface area contributed by atoms with E-state index in [1.165, 1.54) is 18.9 Å². The molecule has 3 aromatic carbocycles. The summed E-state index contributed by atoms with van der Waals surface area (Å²) in [6, 6.07) is 13.6. The van der Waals surface area contributed by atoms with Crippen LogP contribution in [0.25, 0.3) is 11.1 Å². The Hall–Kier alpha value is -4.64. The number of benzene rings is 3. The fourth-order valence-electron chi connectivity index (χ4n) is 4.34. The Morgan fingerprint density at radius 1 is 0.974 bits per heavy atom. The number of hydrogen-bond acceptors (Lipinski definition) is 6. The van der Waals surface area contributed by atoms with Crippen LogP contribution in [0.4, 0.5) is 14.5 Å². The minimum atomic E-state index is -1.95. The standard InChI is InChI=1S/C28H25F2N3O6/c1-15(31-27(37)25(35)16-11-17(29)13-18(30)12-16)26(36)32-24-21-9-4-3-7-19(21)20-8-5-6-10-22(20)33(28(24)38)14-23(34)39-2/h3-13,15,24-25,35H,14H2,1-2H3,(H,31,37)(H,32,36). The van der Waals surface area contributed by atoms with E-state index in [0.29, 0.717) is 28.4 Å². The second-order valence-corrected chi connectivity index (χ2v) is 8.88. The number of nitrogens with zero attached hydrogens (tertiary/aromatic N) is 1. The van der Waals surface area contributed by atoms with Gasteiger partial charge >= 0.3 is 5.97 Å². The first kappa shape index (κ1) is 27.4. The summed E-state index contributed by atoms with van der Waals surface area (Å²) >= 11 is 0. The van der Waals surface area contributed by atoms with Gasteiger partial charge in [0.1, 0.15) is 30.3 Å². The van der Waals surface area contributed by atoms with Gasteiger partial charge in [-0.1, -0.05) is 42.5 Å². The smallest absolute Gasteiger partial charge is 0.325 e. The van der Waals surface area contributed by atoms with Crippen molar-refractivity contribution in [3.8, 4) is 11.1 Å². The molecule has 11 heteroatoms. The molecule has 3 N–H and O–H groups in total. The van der Waals surface area contributed by atoms with Gasteiger partial charge < -0.3 is 20.5 Å². The van der Waals surface area contributed by atoms with Crippen molar-refractivity contribution in [1.82, 2.24) is 10.6 Å². The number of halogens is 2. The van der Waals surface area contributed by atoms with Gasteiger partial charge in [-0.2, -0.15) is 0 Å². The first-order chi connectivity index (χ1) is 18.6. The maximum atomic E-state index is 13.8.